The monoisotopic (exact) mass is 1240 g/mol. The van der Waals surface area contributed by atoms with Crippen LogP contribution >= 0.6 is 45.8 Å². The Bertz CT molecular complexity index is 3440. The number of nitrogens with zero attached hydrogens (tertiary/aromatic N) is 2. The molecule has 0 atom stereocenters. The fraction of sp³-hybridized carbons (Fsp3) is 0.400. The van der Waals surface area contributed by atoms with Gasteiger partial charge in [0.1, 0.15) is 5.00 Å². The summed E-state index contributed by atoms with van der Waals surface area (Å²) in [7, 11) is 0. The van der Waals surface area contributed by atoms with Gasteiger partial charge < -0.3 is 10.0 Å². The number of thiophene rings is 3. The number of rotatable bonds is 37. The molecule has 4 heterocycles. The van der Waals surface area contributed by atoms with Gasteiger partial charge in [0.25, 0.3) is 5.04 Å². The Morgan fingerprint density at radius 2 is 0.852 bits per heavy atom. The fourth-order valence-corrected chi connectivity index (χ4v) is 15.7. The second-order valence-corrected chi connectivity index (χ2v) is 28.7. The van der Waals surface area contributed by atoms with Crippen molar-refractivity contribution in [3.8, 4) is 0 Å². The molecule has 3 aromatic heterocycles. The third-order valence-electron chi connectivity index (χ3n) is 17.2. The number of allylic oxidation sites excluding steroid dienone is 4. The Kier molecular flexibility index (Phi) is 27.1. The van der Waals surface area contributed by atoms with Crippen LogP contribution in [0.4, 0.5) is 27.8 Å². The van der Waals surface area contributed by atoms with E-state index in [2.05, 4.69) is 183 Å². The zero-order valence-corrected chi connectivity index (χ0v) is 56.6. The van der Waals surface area contributed by atoms with E-state index in [1.807, 2.05) is 24.3 Å². The van der Waals surface area contributed by atoms with Crippen LogP contribution in [0.5, 0.6) is 0 Å². The van der Waals surface area contributed by atoms with Gasteiger partial charge >= 0.3 is 0 Å². The molecule has 88 heavy (non-hydrogen) atoms. The van der Waals surface area contributed by atoms with Crippen LogP contribution in [0.3, 0.4) is 0 Å². The second kappa shape index (κ2) is 36.0. The molecule has 0 amide bonds. The summed E-state index contributed by atoms with van der Waals surface area (Å²) in [6, 6.07) is 49.2. The Morgan fingerprint density at radius 1 is 0.420 bits per heavy atom. The molecule has 7 aromatic rings. The van der Waals surface area contributed by atoms with Crippen LogP contribution < -0.4 is 23.6 Å². The number of unbranched alkanes of at least 4 members (excludes halogenated alkanes) is 20. The van der Waals surface area contributed by atoms with Gasteiger partial charge in [0.2, 0.25) is 11.4 Å². The molecule has 0 saturated carbocycles. The Morgan fingerprint density at radius 3 is 1.32 bits per heavy atom. The minimum atomic E-state index is -0.164. The molecule has 4 aromatic carbocycles. The third kappa shape index (κ3) is 19.5. The number of Topliss-reactive ketones (excluding diaryl/α,β-unsaturated/α-hetero) is 1. The molecule has 9 rings (SSSR count). The van der Waals surface area contributed by atoms with E-state index in [1.54, 1.807) is 23.1 Å². The van der Waals surface area contributed by atoms with Gasteiger partial charge in [-0.05, 0) is 176 Å². The zero-order chi connectivity index (χ0) is 61.1. The maximum absolute atomic E-state index is 13.9. The van der Waals surface area contributed by atoms with Gasteiger partial charge in [0.15, 0.2) is 5.78 Å². The lowest BCUT2D eigenvalue weighted by molar-refractivity contribution is -0.292. The largest absolute Gasteiger partial charge is 0.871 e. The van der Waals surface area contributed by atoms with Gasteiger partial charge in [0, 0.05) is 81.5 Å². The maximum Gasteiger partial charge on any atom is 0.251 e. The summed E-state index contributed by atoms with van der Waals surface area (Å²) in [4.78, 5) is 20.3. The van der Waals surface area contributed by atoms with E-state index in [-0.39, 0.29) is 11.5 Å². The lowest BCUT2D eigenvalue weighted by atomic mass is 9.87. The number of thioether (sulfide) groups is 1. The number of aryl methyl sites for hydroxylation is 4. The van der Waals surface area contributed by atoms with E-state index in [0.29, 0.717) is 11.1 Å². The van der Waals surface area contributed by atoms with Crippen LogP contribution in [0.1, 0.15) is 219 Å². The van der Waals surface area contributed by atoms with Crippen molar-refractivity contribution in [1.82, 2.24) is 4.58 Å². The highest BCUT2D eigenvalue weighted by Crippen LogP contribution is 2.42. The van der Waals surface area contributed by atoms with Crippen molar-refractivity contribution in [2.24, 2.45) is 0 Å². The van der Waals surface area contributed by atoms with E-state index < -0.39 is 0 Å². The molecule has 8 heteroatoms. The summed E-state index contributed by atoms with van der Waals surface area (Å²) in [6.45, 7) is 9.12. The van der Waals surface area contributed by atoms with E-state index in [0.717, 1.165) is 87.1 Å². The van der Waals surface area contributed by atoms with Crippen LogP contribution in [-0.2, 0) is 30.5 Å². The molecular weight excluding hydrogens is 1150 g/mol. The van der Waals surface area contributed by atoms with Crippen LogP contribution in [0, 0.1) is 0 Å². The van der Waals surface area contributed by atoms with Crippen molar-refractivity contribution in [2.75, 3.05) is 4.90 Å². The summed E-state index contributed by atoms with van der Waals surface area (Å²) < 4.78 is 4.12. The first-order valence-corrected chi connectivity index (χ1v) is 37.1. The summed E-state index contributed by atoms with van der Waals surface area (Å²) in [6.07, 6.45) is 48.8. The van der Waals surface area contributed by atoms with Gasteiger partial charge in [0.05, 0.1) is 0 Å². The number of carbonyl (C=O) groups is 1. The molecule has 0 spiro atoms. The van der Waals surface area contributed by atoms with Crippen LogP contribution in [0.2, 0.25) is 0 Å². The zero-order valence-electron chi connectivity index (χ0n) is 53.3. The predicted octanol–water partition coefficient (Wildman–Crippen LogP) is 22.5. The Balaban J connectivity index is 0.864. The fourth-order valence-electron chi connectivity index (χ4n) is 11.9. The minimum absolute atomic E-state index is 0.164. The molecule has 462 valence electrons. The average molecular weight is 1250 g/mol. The highest BCUT2D eigenvalue weighted by molar-refractivity contribution is 8.18. The minimum Gasteiger partial charge on any atom is -0.871 e. The second-order valence-electron chi connectivity index (χ2n) is 24.2. The van der Waals surface area contributed by atoms with Crippen molar-refractivity contribution in [3.05, 3.63) is 208 Å². The molecule has 0 radical (unpaired) electrons. The van der Waals surface area contributed by atoms with Gasteiger partial charge in [-0.25, -0.2) is 0 Å². The molecule has 0 unspecified atom stereocenters. The lowest BCUT2D eigenvalue weighted by Gasteiger charge is -2.29. The Hall–Kier alpha value is -6.03. The summed E-state index contributed by atoms with van der Waals surface area (Å²) in [5.74, 6) is -0.329. The standard InChI is InChI=1S/C80H96N2O2S4/c1-5-9-13-17-21-25-29-61-33-41-65(42-34-61)81(66-43-35-62(36-44-66)30-26-22-18-14-10-6-2)75-59-55-71(87-75)51-49-69-53-57-73(85-69)77-79(83)78(80(77)84)74-58-54-70(86-74)50-52-72-56-60-76(88-72)82(67-45-37-63(38-46-67)31-27-23-19-15-11-7-3)68-47-39-64(40-48-68)32-28-24-20-16-12-8-4/h33-60H,5-32H2,1-4H3. The van der Waals surface area contributed by atoms with Gasteiger partial charge in [-0.2, -0.15) is 0 Å². The molecule has 1 aliphatic carbocycles. The highest BCUT2D eigenvalue weighted by Gasteiger charge is 2.30. The van der Waals surface area contributed by atoms with Gasteiger partial charge in [-0.3, -0.25) is 4.79 Å². The van der Waals surface area contributed by atoms with Crippen molar-refractivity contribution in [2.45, 2.75) is 207 Å². The van der Waals surface area contributed by atoms with Gasteiger partial charge in [-0.1, -0.05) is 210 Å². The molecule has 2 aliphatic rings. The van der Waals surface area contributed by atoms with Crippen LogP contribution in [0.25, 0.3) is 29.4 Å². The first-order valence-electron chi connectivity index (χ1n) is 33.9. The molecule has 0 saturated heterocycles. The topological polar surface area (TPSA) is 46.4 Å². The van der Waals surface area contributed by atoms with Crippen LogP contribution in [0.15, 0.2) is 162 Å². The summed E-state index contributed by atoms with van der Waals surface area (Å²) in [5, 5.41) is 16.2. The number of hydrogen-bond donors (Lipinski definition) is 0. The normalized spacial score (nSPS) is 14.6. The molecule has 0 N–H and O–H groups in total. The van der Waals surface area contributed by atoms with Crippen LogP contribution in [-0.4, -0.2) is 10.8 Å². The number of ketones is 1. The third-order valence-corrected chi connectivity index (χ3v) is 21.4. The lowest BCUT2D eigenvalue weighted by Crippen LogP contribution is -2.31. The number of carbonyl (C=O) groups excluding carboxylic acids is 1. The highest BCUT2D eigenvalue weighted by atomic mass is 32.2. The van der Waals surface area contributed by atoms with E-state index in [4.69, 9.17) is 0 Å². The first-order chi connectivity index (χ1) is 43.3. The smallest absolute Gasteiger partial charge is 0.251 e. The van der Waals surface area contributed by atoms with Gasteiger partial charge in [-0.15, -0.1) is 38.6 Å². The van der Waals surface area contributed by atoms with E-state index in [1.165, 1.54) is 199 Å². The first kappa shape index (κ1) is 66.4. The quantitative estimate of drug-likeness (QED) is 0.0288. The number of anilines is 3. The maximum atomic E-state index is 13.9. The van der Waals surface area contributed by atoms with E-state index in [9.17, 15) is 9.90 Å². The number of benzene rings is 4. The van der Waals surface area contributed by atoms with E-state index >= 15 is 0 Å². The number of hydrogen-bond acceptors (Lipinski definition) is 7. The predicted molar refractivity (Wildman–Crippen MR) is 388 cm³/mol. The molecular formula is C80H96N2O2S4. The molecule has 0 bridgehead atoms. The SMILES string of the molecule is CCCCCCCCc1ccc(N(c2ccc(CCCCCCCC)cc2)c2ccc(/C=C/c3ccc(C4=C([O-])/C(=c5\cc/c(=C\C=C6/C=CC(=[N+](c7ccc(CCCCCCCC)cc7)c7ccc(CCCCCCCC)cc7)S6)s5)C4=O)s3)s2)cc1. The molecule has 4 nitrogen and oxygen atoms in total. The van der Waals surface area contributed by atoms with Crippen molar-refractivity contribution in [3.63, 3.8) is 0 Å². The van der Waals surface area contributed by atoms with Crippen molar-refractivity contribution in [1.29, 1.82) is 0 Å². The summed E-state index contributed by atoms with van der Waals surface area (Å²) in [5.41, 5.74) is 10.8. The van der Waals surface area contributed by atoms with Crippen molar-refractivity contribution < 1.29 is 9.90 Å². The molecule has 1 aliphatic heterocycles. The average Bonchev–Trinajstić information content (AvgIpc) is 1.57. The summed E-state index contributed by atoms with van der Waals surface area (Å²) >= 11 is 6.53. The van der Waals surface area contributed by atoms with Crippen molar-refractivity contribution >= 4 is 114 Å². The Labute approximate surface area is 545 Å². The molecule has 0 fully saturated rings.